The van der Waals surface area contributed by atoms with Crippen molar-refractivity contribution < 1.29 is 22.4 Å². The molecule has 6 heteroatoms. The van der Waals surface area contributed by atoms with Crippen molar-refractivity contribution in [3.05, 3.63) is 35.9 Å². The molecule has 1 aromatic rings. The first-order chi connectivity index (χ1) is 6.98. The lowest BCUT2D eigenvalue weighted by molar-refractivity contribution is 0.0454. The van der Waals surface area contributed by atoms with Gasteiger partial charge in [-0.1, -0.05) is 30.3 Å². The van der Waals surface area contributed by atoms with E-state index in [9.17, 15) is 13.3 Å². The Balaban J connectivity index is 3.18. The summed E-state index contributed by atoms with van der Waals surface area (Å²) in [5.74, 6) is 0. The number of hydrogen-bond acceptors (Lipinski definition) is 3. The highest BCUT2D eigenvalue weighted by Crippen LogP contribution is 2.65. The Morgan fingerprint density at radius 2 is 1.60 bits per heavy atom. The van der Waals surface area contributed by atoms with Crippen LogP contribution in [-0.2, 0) is 19.3 Å². The maximum Gasteiger partial charge on any atom is 0.403 e. The highest BCUT2D eigenvalue weighted by molar-refractivity contribution is 7.54. The van der Waals surface area contributed by atoms with E-state index in [1.807, 2.05) is 0 Å². The summed E-state index contributed by atoms with van der Waals surface area (Å²) in [7, 11) is -2.58. The minimum absolute atomic E-state index is 0.392. The molecule has 0 N–H and O–H groups in total. The van der Waals surface area contributed by atoms with Crippen molar-refractivity contribution in [2.24, 2.45) is 0 Å². The minimum Gasteiger partial charge on any atom is -0.308 e. The van der Waals surface area contributed by atoms with E-state index < -0.39 is 18.8 Å². The van der Waals surface area contributed by atoms with E-state index in [4.69, 9.17) is 0 Å². The fraction of sp³-hybridized carbons (Fsp3) is 0.333. The van der Waals surface area contributed by atoms with Crippen molar-refractivity contribution in [3.8, 4) is 0 Å². The van der Waals surface area contributed by atoms with Crippen LogP contribution in [0.1, 0.15) is 5.56 Å². The van der Waals surface area contributed by atoms with Gasteiger partial charge in [-0.3, -0.25) is 4.57 Å². The van der Waals surface area contributed by atoms with Gasteiger partial charge >= 0.3 is 13.3 Å². The van der Waals surface area contributed by atoms with Gasteiger partial charge in [0.2, 0.25) is 0 Å². The molecule has 1 rings (SSSR count). The SMILES string of the molecule is COP(=O)(OC)C(F)(F)c1ccccc1. The molecule has 0 heterocycles. The third-order valence-electron chi connectivity index (χ3n) is 1.95. The van der Waals surface area contributed by atoms with Crippen LogP contribution in [0.3, 0.4) is 0 Å². The van der Waals surface area contributed by atoms with Gasteiger partial charge < -0.3 is 9.05 Å². The number of hydrogen-bond donors (Lipinski definition) is 0. The van der Waals surface area contributed by atoms with Crippen molar-refractivity contribution >= 4 is 7.60 Å². The Morgan fingerprint density at radius 3 is 2.00 bits per heavy atom. The van der Waals surface area contributed by atoms with Gasteiger partial charge in [-0.05, 0) is 0 Å². The predicted molar refractivity (Wildman–Crippen MR) is 52.0 cm³/mol. The second kappa shape index (κ2) is 4.39. The maximum absolute atomic E-state index is 13.7. The molecule has 0 aromatic heterocycles. The molecule has 0 spiro atoms. The summed E-state index contributed by atoms with van der Waals surface area (Å²) in [4.78, 5) is 0. The van der Waals surface area contributed by atoms with Gasteiger partial charge in [0.15, 0.2) is 0 Å². The summed E-state index contributed by atoms with van der Waals surface area (Å²) < 4.78 is 47.5. The molecule has 0 aliphatic carbocycles. The lowest BCUT2D eigenvalue weighted by Crippen LogP contribution is -2.16. The predicted octanol–water partition coefficient (Wildman–Crippen LogP) is 3.22. The van der Waals surface area contributed by atoms with Crippen LogP contribution < -0.4 is 0 Å². The zero-order valence-electron chi connectivity index (χ0n) is 8.31. The molecule has 3 nitrogen and oxygen atoms in total. The normalized spacial score (nSPS) is 12.8. The van der Waals surface area contributed by atoms with Crippen LogP contribution in [0.15, 0.2) is 30.3 Å². The Bertz CT molecular complexity index is 359. The van der Waals surface area contributed by atoms with Crippen molar-refractivity contribution in [1.82, 2.24) is 0 Å². The molecule has 0 radical (unpaired) electrons. The molecule has 0 saturated heterocycles. The van der Waals surface area contributed by atoms with E-state index in [1.165, 1.54) is 24.3 Å². The van der Waals surface area contributed by atoms with Crippen LogP contribution in [0.4, 0.5) is 8.78 Å². The van der Waals surface area contributed by atoms with E-state index in [0.29, 0.717) is 0 Å². The third-order valence-corrected chi connectivity index (χ3v) is 3.85. The van der Waals surface area contributed by atoms with Crippen LogP contribution in [0.25, 0.3) is 0 Å². The molecule has 0 atom stereocenters. The van der Waals surface area contributed by atoms with Crippen molar-refractivity contribution in [2.45, 2.75) is 5.66 Å². The van der Waals surface area contributed by atoms with Crippen molar-refractivity contribution in [2.75, 3.05) is 14.2 Å². The standard InChI is InChI=1S/C9H11F2O3P/c1-13-15(12,14-2)9(10,11)8-6-4-3-5-7-8/h3-7H,1-2H3. The summed E-state index contributed by atoms with van der Waals surface area (Å²) in [5.41, 5.74) is -4.03. The summed E-state index contributed by atoms with van der Waals surface area (Å²) in [5, 5.41) is 0. The van der Waals surface area contributed by atoms with E-state index in [-0.39, 0.29) is 0 Å². The maximum atomic E-state index is 13.7. The fourth-order valence-corrected chi connectivity index (χ4v) is 2.17. The van der Waals surface area contributed by atoms with Gasteiger partial charge in [-0.25, -0.2) is 0 Å². The van der Waals surface area contributed by atoms with Crippen molar-refractivity contribution in [1.29, 1.82) is 0 Å². The molecule has 0 unspecified atom stereocenters. The third kappa shape index (κ3) is 2.09. The van der Waals surface area contributed by atoms with Gasteiger partial charge in [0.05, 0.1) is 0 Å². The Labute approximate surface area is 86.5 Å². The van der Waals surface area contributed by atoms with E-state index in [2.05, 4.69) is 9.05 Å². The highest BCUT2D eigenvalue weighted by Gasteiger charge is 2.53. The quantitative estimate of drug-likeness (QED) is 0.753. The van der Waals surface area contributed by atoms with Crippen LogP contribution in [0, 0.1) is 0 Å². The lowest BCUT2D eigenvalue weighted by atomic mass is 10.2. The molecule has 1 aromatic carbocycles. The number of halogens is 2. The number of rotatable bonds is 4. The van der Waals surface area contributed by atoms with Gasteiger partial charge in [0.1, 0.15) is 0 Å². The molecular weight excluding hydrogens is 225 g/mol. The Morgan fingerprint density at radius 1 is 1.13 bits per heavy atom. The second-order valence-corrected chi connectivity index (χ2v) is 5.06. The summed E-state index contributed by atoms with van der Waals surface area (Å²) >= 11 is 0. The largest absolute Gasteiger partial charge is 0.403 e. The van der Waals surface area contributed by atoms with Gasteiger partial charge in [-0.15, -0.1) is 0 Å². The molecule has 0 aliphatic heterocycles. The smallest absolute Gasteiger partial charge is 0.308 e. The molecule has 0 saturated carbocycles. The molecule has 84 valence electrons. The van der Waals surface area contributed by atoms with Crippen LogP contribution in [0.2, 0.25) is 0 Å². The molecule has 0 bridgehead atoms. The van der Waals surface area contributed by atoms with Gasteiger partial charge in [0.25, 0.3) is 0 Å². The van der Waals surface area contributed by atoms with Gasteiger partial charge in [-0.2, -0.15) is 8.78 Å². The van der Waals surface area contributed by atoms with Crippen LogP contribution in [-0.4, -0.2) is 14.2 Å². The molecule has 0 fully saturated rings. The first kappa shape index (κ1) is 12.3. The average molecular weight is 236 g/mol. The van der Waals surface area contributed by atoms with Gasteiger partial charge in [0, 0.05) is 19.8 Å². The van der Waals surface area contributed by atoms with E-state index in [1.54, 1.807) is 6.07 Å². The Kier molecular flexibility index (Phi) is 3.60. The molecular formula is C9H11F2O3P. The topological polar surface area (TPSA) is 35.5 Å². The zero-order chi connectivity index (χ0) is 11.5. The summed E-state index contributed by atoms with van der Waals surface area (Å²) in [6.07, 6.45) is 0. The lowest BCUT2D eigenvalue weighted by Gasteiger charge is -2.23. The summed E-state index contributed by atoms with van der Waals surface area (Å²) in [6, 6.07) is 6.79. The molecule has 15 heavy (non-hydrogen) atoms. The molecule has 0 amide bonds. The summed E-state index contributed by atoms with van der Waals surface area (Å²) in [6.45, 7) is 0. The first-order valence-electron chi connectivity index (χ1n) is 4.13. The Hall–Kier alpha value is -0.770. The van der Waals surface area contributed by atoms with Crippen LogP contribution >= 0.6 is 7.60 Å². The number of alkyl halides is 2. The van der Waals surface area contributed by atoms with E-state index in [0.717, 1.165) is 14.2 Å². The zero-order valence-corrected chi connectivity index (χ0v) is 9.21. The molecule has 0 aliphatic rings. The number of benzene rings is 1. The average Bonchev–Trinajstić information content (AvgIpc) is 2.29. The fourth-order valence-electron chi connectivity index (χ4n) is 1.10. The second-order valence-electron chi connectivity index (χ2n) is 2.77. The highest BCUT2D eigenvalue weighted by atomic mass is 31.2. The monoisotopic (exact) mass is 236 g/mol. The first-order valence-corrected chi connectivity index (χ1v) is 5.67. The van der Waals surface area contributed by atoms with E-state index >= 15 is 0 Å². The van der Waals surface area contributed by atoms with Crippen LogP contribution in [0.5, 0.6) is 0 Å². The van der Waals surface area contributed by atoms with Crippen molar-refractivity contribution in [3.63, 3.8) is 0 Å². The minimum atomic E-state index is -4.44.